The van der Waals surface area contributed by atoms with Crippen molar-refractivity contribution >= 4 is 17.8 Å². The van der Waals surface area contributed by atoms with Crippen molar-refractivity contribution in [1.29, 1.82) is 0 Å². The Hall–Kier alpha value is -1.59. The average molecular weight is 310 g/mol. The average Bonchev–Trinajstić information content (AvgIpc) is 3.20. The van der Waals surface area contributed by atoms with Crippen molar-refractivity contribution in [2.75, 3.05) is 19.6 Å². The SMILES string of the molecule is CC(C)CCC(=O)NCC(=O)N1C[C@H](C(=O)O)[C@@H](C2CC2)C1. The lowest BCUT2D eigenvalue weighted by Crippen LogP contribution is -2.39. The molecule has 1 saturated heterocycles. The maximum absolute atomic E-state index is 12.2. The molecule has 22 heavy (non-hydrogen) atoms. The smallest absolute Gasteiger partial charge is 0.308 e. The summed E-state index contributed by atoms with van der Waals surface area (Å²) < 4.78 is 0. The molecule has 2 atom stereocenters. The van der Waals surface area contributed by atoms with E-state index >= 15 is 0 Å². The highest BCUT2D eigenvalue weighted by molar-refractivity contribution is 5.85. The Morgan fingerprint density at radius 2 is 1.91 bits per heavy atom. The van der Waals surface area contributed by atoms with Gasteiger partial charge in [-0.15, -0.1) is 0 Å². The molecular formula is C16H26N2O4. The lowest BCUT2D eigenvalue weighted by molar-refractivity contribution is -0.143. The van der Waals surface area contributed by atoms with Gasteiger partial charge in [0.1, 0.15) is 0 Å². The van der Waals surface area contributed by atoms with E-state index < -0.39 is 11.9 Å². The van der Waals surface area contributed by atoms with Crippen molar-refractivity contribution in [3.05, 3.63) is 0 Å². The summed E-state index contributed by atoms with van der Waals surface area (Å²) in [6.07, 6.45) is 3.37. The number of carboxylic acid groups (broad SMARTS) is 1. The molecule has 1 aliphatic carbocycles. The predicted octanol–water partition coefficient (Wildman–Crippen LogP) is 1.11. The van der Waals surface area contributed by atoms with Gasteiger partial charge in [0.15, 0.2) is 0 Å². The van der Waals surface area contributed by atoms with Crippen LogP contribution in [0.5, 0.6) is 0 Å². The van der Waals surface area contributed by atoms with E-state index in [1.54, 1.807) is 4.90 Å². The number of rotatable bonds is 7. The molecule has 0 aromatic carbocycles. The molecule has 6 nitrogen and oxygen atoms in total. The van der Waals surface area contributed by atoms with Gasteiger partial charge < -0.3 is 15.3 Å². The maximum atomic E-state index is 12.2. The van der Waals surface area contributed by atoms with Crippen molar-refractivity contribution in [2.24, 2.45) is 23.7 Å². The molecule has 6 heteroatoms. The standard InChI is InChI=1S/C16H26N2O4/c1-10(2)3-6-14(19)17-7-15(20)18-8-12(11-4-5-11)13(9-18)16(21)22/h10-13H,3-9H2,1-2H3,(H,17,19)(H,21,22)/t12-,13+/m1/s1. The van der Waals surface area contributed by atoms with E-state index in [-0.39, 0.29) is 30.8 Å². The van der Waals surface area contributed by atoms with Crippen LogP contribution in [0.25, 0.3) is 0 Å². The summed E-state index contributed by atoms with van der Waals surface area (Å²) in [5.41, 5.74) is 0. The lowest BCUT2D eigenvalue weighted by Gasteiger charge is -2.16. The number of carbonyl (C=O) groups is 3. The van der Waals surface area contributed by atoms with Crippen LogP contribution < -0.4 is 5.32 Å². The molecule has 0 bridgehead atoms. The number of amides is 2. The molecule has 2 N–H and O–H groups in total. The fourth-order valence-corrected chi connectivity index (χ4v) is 3.09. The third kappa shape index (κ3) is 4.45. The Bertz CT molecular complexity index is 445. The van der Waals surface area contributed by atoms with Crippen LogP contribution >= 0.6 is 0 Å². The minimum atomic E-state index is -0.812. The van der Waals surface area contributed by atoms with Crippen LogP contribution in [0.15, 0.2) is 0 Å². The Balaban J connectivity index is 1.78. The largest absolute Gasteiger partial charge is 0.481 e. The lowest BCUT2D eigenvalue weighted by atomic mass is 9.92. The summed E-state index contributed by atoms with van der Waals surface area (Å²) in [4.78, 5) is 36.7. The highest BCUT2D eigenvalue weighted by Gasteiger charge is 2.46. The van der Waals surface area contributed by atoms with Crippen LogP contribution in [-0.4, -0.2) is 47.4 Å². The van der Waals surface area contributed by atoms with Crippen LogP contribution in [0, 0.1) is 23.7 Å². The van der Waals surface area contributed by atoms with Gasteiger partial charge in [0.05, 0.1) is 12.5 Å². The minimum absolute atomic E-state index is 0.0271. The molecule has 0 unspecified atom stereocenters. The second-order valence-electron chi connectivity index (χ2n) is 6.95. The van der Waals surface area contributed by atoms with E-state index in [2.05, 4.69) is 5.32 Å². The van der Waals surface area contributed by atoms with Gasteiger partial charge in [0, 0.05) is 19.5 Å². The van der Waals surface area contributed by atoms with Crippen LogP contribution in [-0.2, 0) is 14.4 Å². The highest BCUT2D eigenvalue weighted by atomic mass is 16.4. The van der Waals surface area contributed by atoms with E-state index in [0.717, 1.165) is 19.3 Å². The summed E-state index contributed by atoms with van der Waals surface area (Å²) in [6.45, 7) is 4.86. The quantitative estimate of drug-likeness (QED) is 0.737. The number of aliphatic carboxylic acids is 1. The Morgan fingerprint density at radius 3 is 2.45 bits per heavy atom. The number of carboxylic acids is 1. The number of hydrogen-bond donors (Lipinski definition) is 2. The second kappa shape index (κ2) is 7.11. The van der Waals surface area contributed by atoms with Crippen molar-refractivity contribution in [3.63, 3.8) is 0 Å². The molecule has 2 rings (SSSR count). The summed E-state index contributed by atoms with van der Waals surface area (Å²) in [5, 5.41) is 11.9. The molecule has 124 valence electrons. The van der Waals surface area contributed by atoms with Crippen molar-refractivity contribution in [1.82, 2.24) is 10.2 Å². The summed E-state index contributed by atoms with van der Waals surface area (Å²) in [6, 6.07) is 0. The van der Waals surface area contributed by atoms with Crippen LogP contribution in [0.2, 0.25) is 0 Å². The van der Waals surface area contributed by atoms with Crippen LogP contribution in [0.4, 0.5) is 0 Å². The van der Waals surface area contributed by atoms with Crippen molar-refractivity contribution in [2.45, 2.75) is 39.5 Å². The fourth-order valence-electron chi connectivity index (χ4n) is 3.09. The number of likely N-dealkylation sites (tertiary alicyclic amines) is 1. The first-order valence-electron chi connectivity index (χ1n) is 8.15. The van der Waals surface area contributed by atoms with E-state index in [9.17, 15) is 19.5 Å². The minimum Gasteiger partial charge on any atom is -0.481 e. The van der Waals surface area contributed by atoms with Crippen LogP contribution in [0.1, 0.15) is 39.5 Å². The molecule has 2 aliphatic rings. The molecule has 0 aromatic rings. The van der Waals surface area contributed by atoms with Gasteiger partial charge in [0.25, 0.3) is 0 Å². The molecule has 0 aromatic heterocycles. The van der Waals surface area contributed by atoms with Gasteiger partial charge in [-0.25, -0.2) is 0 Å². The predicted molar refractivity (Wildman–Crippen MR) is 81.0 cm³/mol. The Kier molecular flexibility index (Phi) is 5.42. The Labute approximate surface area is 131 Å². The van der Waals surface area contributed by atoms with E-state index in [1.807, 2.05) is 13.8 Å². The molecule has 1 heterocycles. The van der Waals surface area contributed by atoms with Gasteiger partial charge in [-0.05, 0) is 37.0 Å². The molecule has 1 saturated carbocycles. The van der Waals surface area contributed by atoms with Crippen LogP contribution in [0.3, 0.4) is 0 Å². The normalized spacial score (nSPS) is 24.6. The van der Waals surface area contributed by atoms with Gasteiger partial charge in [-0.1, -0.05) is 13.8 Å². The summed E-state index contributed by atoms with van der Waals surface area (Å²) in [5.74, 6) is -0.559. The molecule has 2 amide bonds. The zero-order valence-corrected chi connectivity index (χ0v) is 13.4. The zero-order valence-electron chi connectivity index (χ0n) is 13.4. The Morgan fingerprint density at radius 1 is 1.23 bits per heavy atom. The molecule has 1 aliphatic heterocycles. The number of carbonyl (C=O) groups excluding carboxylic acids is 2. The fraction of sp³-hybridized carbons (Fsp3) is 0.812. The van der Waals surface area contributed by atoms with Gasteiger partial charge in [0.2, 0.25) is 11.8 Å². The van der Waals surface area contributed by atoms with Crippen molar-refractivity contribution in [3.8, 4) is 0 Å². The number of hydrogen-bond acceptors (Lipinski definition) is 3. The van der Waals surface area contributed by atoms with E-state index in [4.69, 9.17) is 0 Å². The highest BCUT2D eigenvalue weighted by Crippen LogP contribution is 2.44. The van der Waals surface area contributed by atoms with Gasteiger partial charge >= 0.3 is 5.97 Å². The van der Waals surface area contributed by atoms with E-state index in [0.29, 0.717) is 24.8 Å². The van der Waals surface area contributed by atoms with Crippen molar-refractivity contribution < 1.29 is 19.5 Å². The molecule has 2 fully saturated rings. The number of nitrogens with one attached hydrogen (secondary N) is 1. The maximum Gasteiger partial charge on any atom is 0.308 e. The van der Waals surface area contributed by atoms with Gasteiger partial charge in [-0.2, -0.15) is 0 Å². The summed E-state index contributed by atoms with van der Waals surface area (Å²) in [7, 11) is 0. The first-order valence-corrected chi connectivity index (χ1v) is 8.15. The topological polar surface area (TPSA) is 86.7 Å². The third-order valence-electron chi connectivity index (χ3n) is 4.65. The molecule has 0 spiro atoms. The molecule has 0 radical (unpaired) electrons. The molecular weight excluding hydrogens is 284 g/mol. The first kappa shape index (κ1) is 16.8. The zero-order chi connectivity index (χ0) is 16.3. The monoisotopic (exact) mass is 310 g/mol. The third-order valence-corrected chi connectivity index (χ3v) is 4.65. The number of nitrogens with zero attached hydrogens (tertiary/aromatic N) is 1. The van der Waals surface area contributed by atoms with Gasteiger partial charge in [-0.3, -0.25) is 14.4 Å². The second-order valence-corrected chi connectivity index (χ2v) is 6.95. The summed E-state index contributed by atoms with van der Waals surface area (Å²) >= 11 is 0. The first-order chi connectivity index (χ1) is 10.4. The van der Waals surface area contributed by atoms with E-state index in [1.165, 1.54) is 0 Å².